The molecular weight excluding hydrogens is 366 g/mol. The fourth-order valence-electron chi connectivity index (χ4n) is 3.74. The zero-order valence-electron chi connectivity index (χ0n) is 17.8. The number of anilines is 2. The summed E-state index contributed by atoms with van der Waals surface area (Å²) >= 11 is 0. The van der Waals surface area contributed by atoms with Gasteiger partial charge in [-0.25, -0.2) is 4.79 Å². The summed E-state index contributed by atoms with van der Waals surface area (Å²) in [5.74, 6) is 0.367. The molecule has 1 fully saturated rings. The largest absolute Gasteiger partial charge is 0.427 e. The fourth-order valence-corrected chi connectivity index (χ4v) is 3.74. The third kappa shape index (κ3) is 5.07. The number of hydrogen-bond donors (Lipinski definition) is 1. The summed E-state index contributed by atoms with van der Waals surface area (Å²) in [4.78, 5) is 29.8. The molecule has 1 amide bonds. The summed E-state index contributed by atoms with van der Waals surface area (Å²) < 4.78 is 5.44. The van der Waals surface area contributed by atoms with E-state index in [1.165, 1.54) is 0 Å². The second-order valence-electron chi connectivity index (χ2n) is 7.98. The van der Waals surface area contributed by atoms with Crippen molar-refractivity contribution >= 4 is 17.3 Å². The van der Waals surface area contributed by atoms with Crippen molar-refractivity contribution in [2.75, 3.05) is 43.4 Å². The lowest BCUT2D eigenvalue weighted by Crippen LogP contribution is -2.44. The maximum atomic E-state index is 12.7. The van der Waals surface area contributed by atoms with Crippen LogP contribution >= 0.6 is 0 Å². The Morgan fingerprint density at radius 3 is 2.41 bits per heavy atom. The molecule has 6 nitrogen and oxygen atoms in total. The molecule has 0 aliphatic carbocycles. The summed E-state index contributed by atoms with van der Waals surface area (Å²) in [6.07, 6.45) is 1.95. The van der Waals surface area contributed by atoms with Crippen molar-refractivity contribution in [2.45, 2.75) is 39.5 Å². The molecule has 1 aliphatic rings. The van der Waals surface area contributed by atoms with Crippen molar-refractivity contribution in [3.05, 3.63) is 57.6 Å². The summed E-state index contributed by atoms with van der Waals surface area (Å²) in [5.41, 5.74) is 1.94. The van der Waals surface area contributed by atoms with Crippen molar-refractivity contribution in [2.24, 2.45) is 0 Å². The second kappa shape index (κ2) is 9.27. The van der Waals surface area contributed by atoms with Crippen LogP contribution in [0.2, 0.25) is 0 Å². The Morgan fingerprint density at radius 2 is 1.83 bits per heavy atom. The van der Waals surface area contributed by atoms with Crippen LogP contribution in [-0.4, -0.2) is 44.0 Å². The normalized spacial score (nSPS) is 15.9. The van der Waals surface area contributed by atoms with Gasteiger partial charge in [-0.1, -0.05) is 20.3 Å². The molecule has 1 N–H and O–H groups in total. The van der Waals surface area contributed by atoms with E-state index in [9.17, 15) is 9.59 Å². The Labute approximate surface area is 172 Å². The van der Waals surface area contributed by atoms with Crippen LogP contribution in [0.3, 0.4) is 0 Å². The molecule has 2 aromatic rings. The number of likely N-dealkylation sites (N-methyl/N-ethyl adjacent to an activating group) is 1. The van der Waals surface area contributed by atoms with Crippen LogP contribution in [0, 0.1) is 6.92 Å². The fraction of sp³-hybridized carbons (Fsp3) is 0.478. The number of amides is 1. The van der Waals surface area contributed by atoms with Gasteiger partial charge in [-0.05, 0) is 56.3 Å². The summed E-state index contributed by atoms with van der Waals surface area (Å²) in [5, 5.41) is 2.83. The molecule has 6 heteroatoms. The Morgan fingerprint density at radius 1 is 1.17 bits per heavy atom. The average molecular weight is 398 g/mol. The highest BCUT2D eigenvalue weighted by Gasteiger charge is 2.19. The van der Waals surface area contributed by atoms with E-state index in [1.807, 2.05) is 37.3 Å². The van der Waals surface area contributed by atoms with Gasteiger partial charge in [-0.2, -0.15) is 0 Å². The van der Waals surface area contributed by atoms with E-state index in [0.29, 0.717) is 17.0 Å². The van der Waals surface area contributed by atoms with Gasteiger partial charge in [-0.15, -0.1) is 0 Å². The van der Waals surface area contributed by atoms with Gasteiger partial charge in [0.1, 0.15) is 11.3 Å². The zero-order valence-corrected chi connectivity index (χ0v) is 17.8. The number of nitrogens with zero attached hydrogens (tertiary/aromatic N) is 2. The molecule has 156 valence electrons. The standard InChI is InChI=1S/C23H31N3O3/c1-5-6-16(2)20-15-17(3)21(23(28)29-20)22(27)24-18-7-9-19(10-8-18)26-13-11-25(4)12-14-26/h7-10,15-16H,5-6,11-14H2,1-4H3,(H,24,27). The first kappa shape index (κ1) is 21.1. The van der Waals surface area contributed by atoms with Crippen LogP contribution in [-0.2, 0) is 0 Å². The first-order valence-corrected chi connectivity index (χ1v) is 10.4. The zero-order chi connectivity index (χ0) is 21.0. The Hall–Kier alpha value is -2.60. The number of benzene rings is 1. The number of carbonyl (C=O) groups excluding carboxylic acids is 1. The van der Waals surface area contributed by atoms with Gasteiger partial charge in [0.2, 0.25) is 0 Å². The van der Waals surface area contributed by atoms with Crippen LogP contribution in [0.4, 0.5) is 11.4 Å². The third-order valence-electron chi connectivity index (χ3n) is 5.60. The van der Waals surface area contributed by atoms with Gasteiger partial charge in [0, 0.05) is 43.5 Å². The smallest absolute Gasteiger partial charge is 0.349 e. The van der Waals surface area contributed by atoms with Gasteiger partial charge in [0.25, 0.3) is 5.91 Å². The number of nitrogens with one attached hydrogen (secondary N) is 1. The van der Waals surface area contributed by atoms with Crippen molar-refractivity contribution in [1.29, 1.82) is 0 Å². The van der Waals surface area contributed by atoms with Crippen molar-refractivity contribution in [3.63, 3.8) is 0 Å². The van der Waals surface area contributed by atoms with Crippen LogP contribution < -0.4 is 15.8 Å². The van der Waals surface area contributed by atoms with E-state index < -0.39 is 11.5 Å². The summed E-state index contributed by atoms with van der Waals surface area (Å²) in [7, 11) is 2.13. The van der Waals surface area contributed by atoms with Gasteiger partial charge >= 0.3 is 5.63 Å². The van der Waals surface area contributed by atoms with E-state index in [4.69, 9.17) is 4.42 Å². The van der Waals surface area contributed by atoms with Gasteiger partial charge in [0.15, 0.2) is 0 Å². The van der Waals surface area contributed by atoms with Crippen LogP contribution in [0.1, 0.15) is 54.3 Å². The predicted molar refractivity (Wildman–Crippen MR) is 117 cm³/mol. The minimum Gasteiger partial charge on any atom is -0.427 e. The number of aryl methyl sites for hydroxylation is 1. The van der Waals surface area contributed by atoms with Gasteiger partial charge in [0.05, 0.1) is 0 Å². The molecule has 1 saturated heterocycles. The molecule has 29 heavy (non-hydrogen) atoms. The van der Waals surface area contributed by atoms with Gasteiger partial charge in [-0.3, -0.25) is 4.79 Å². The molecule has 2 heterocycles. The molecule has 0 saturated carbocycles. The summed E-state index contributed by atoms with van der Waals surface area (Å²) in [6.45, 7) is 9.98. The topological polar surface area (TPSA) is 65.8 Å². The Balaban J connectivity index is 1.71. The highest BCUT2D eigenvalue weighted by atomic mass is 16.4. The van der Waals surface area contributed by atoms with E-state index in [2.05, 4.69) is 29.1 Å². The Bertz CT molecular complexity index is 897. The maximum Gasteiger partial charge on any atom is 0.349 e. The van der Waals surface area contributed by atoms with Crippen molar-refractivity contribution < 1.29 is 9.21 Å². The molecular formula is C23H31N3O3. The molecule has 0 radical (unpaired) electrons. The van der Waals surface area contributed by atoms with Crippen molar-refractivity contribution in [1.82, 2.24) is 4.90 Å². The highest BCUT2D eigenvalue weighted by molar-refractivity contribution is 6.04. The molecule has 1 aromatic heterocycles. The minimum atomic E-state index is -0.575. The molecule has 0 bridgehead atoms. The first-order chi connectivity index (χ1) is 13.9. The number of carbonyl (C=O) groups is 1. The molecule has 0 spiro atoms. The Kier molecular flexibility index (Phi) is 6.75. The SMILES string of the molecule is CCCC(C)c1cc(C)c(C(=O)Nc2ccc(N3CCN(C)CC3)cc2)c(=O)o1. The quantitative estimate of drug-likeness (QED) is 0.802. The molecule has 3 rings (SSSR count). The van der Waals surface area contributed by atoms with E-state index in [1.54, 1.807) is 6.92 Å². The predicted octanol–water partition coefficient (Wildman–Crippen LogP) is 3.86. The lowest BCUT2D eigenvalue weighted by atomic mass is 10.0. The lowest BCUT2D eigenvalue weighted by Gasteiger charge is -2.34. The highest BCUT2D eigenvalue weighted by Crippen LogP contribution is 2.22. The van der Waals surface area contributed by atoms with Crippen LogP contribution in [0.5, 0.6) is 0 Å². The monoisotopic (exact) mass is 397 g/mol. The van der Waals surface area contributed by atoms with E-state index in [0.717, 1.165) is 44.7 Å². The molecule has 1 aromatic carbocycles. The second-order valence-corrected chi connectivity index (χ2v) is 7.98. The summed E-state index contributed by atoms with van der Waals surface area (Å²) in [6, 6.07) is 9.57. The number of hydrogen-bond acceptors (Lipinski definition) is 5. The van der Waals surface area contributed by atoms with E-state index in [-0.39, 0.29) is 11.5 Å². The minimum absolute atomic E-state index is 0.0700. The third-order valence-corrected chi connectivity index (χ3v) is 5.60. The van der Waals surface area contributed by atoms with Crippen LogP contribution in [0.25, 0.3) is 0 Å². The average Bonchev–Trinajstić information content (AvgIpc) is 2.69. The van der Waals surface area contributed by atoms with Crippen LogP contribution in [0.15, 0.2) is 39.5 Å². The van der Waals surface area contributed by atoms with Crippen molar-refractivity contribution in [3.8, 4) is 0 Å². The van der Waals surface area contributed by atoms with Gasteiger partial charge < -0.3 is 19.5 Å². The number of piperazine rings is 1. The molecule has 1 atom stereocenters. The molecule has 1 aliphatic heterocycles. The number of rotatable bonds is 6. The maximum absolute atomic E-state index is 12.7. The lowest BCUT2D eigenvalue weighted by molar-refractivity contribution is 0.102. The molecule has 1 unspecified atom stereocenters. The first-order valence-electron chi connectivity index (χ1n) is 10.4. The van der Waals surface area contributed by atoms with E-state index >= 15 is 0 Å².